The Morgan fingerprint density at radius 2 is 2.25 bits per heavy atom. The molecule has 0 saturated carbocycles. The molecular formula is C10H13N5O. The third kappa shape index (κ3) is 2.28. The van der Waals surface area contributed by atoms with Gasteiger partial charge in [-0.3, -0.25) is 0 Å². The highest BCUT2D eigenvalue weighted by molar-refractivity contribution is 5.49. The first-order valence-electron chi connectivity index (χ1n) is 4.87. The number of anilines is 1. The standard InChI is InChI=1S/C10H13N5O/c1-7-5-8(3-4-9(7)11)16-6-10-12-14-15(2)13-10/h3-5H,6,11H2,1-2H3. The SMILES string of the molecule is Cc1cc(OCc2nnn(C)n2)ccc1N. The molecule has 6 heteroatoms. The van der Waals surface area contributed by atoms with Crippen molar-refractivity contribution in [1.82, 2.24) is 20.2 Å². The molecule has 0 aliphatic carbocycles. The molecule has 2 rings (SSSR count). The van der Waals surface area contributed by atoms with Crippen molar-refractivity contribution in [2.45, 2.75) is 13.5 Å². The van der Waals surface area contributed by atoms with Gasteiger partial charge in [0.1, 0.15) is 5.75 Å². The minimum Gasteiger partial charge on any atom is -0.485 e. The van der Waals surface area contributed by atoms with E-state index < -0.39 is 0 Å². The molecule has 16 heavy (non-hydrogen) atoms. The average molecular weight is 219 g/mol. The lowest BCUT2D eigenvalue weighted by Gasteiger charge is -2.05. The summed E-state index contributed by atoms with van der Waals surface area (Å²) in [6, 6.07) is 5.51. The van der Waals surface area contributed by atoms with E-state index in [0.29, 0.717) is 12.4 Å². The van der Waals surface area contributed by atoms with Crippen LogP contribution in [0.4, 0.5) is 5.69 Å². The third-order valence-electron chi connectivity index (χ3n) is 2.16. The first kappa shape index (κ1) is 10.4. The molecule has 1 heterocycles. The zero-order chi connectivity index (χ0) is 11.5. The first-order chi connectivity index (χ1) is 7.65. The average Bonchev–Trinajstić information content (AvgIpc) is 2.66. The van der Waals surface area contributed by atoms with E-state index in [9.17, 15) is 0 Å². The maximum atomic E-state index is 5.71. The molecule has 0 amide bonds. The van der Waals surface area contributed by atoms with E-state index >= 15 is 0 Å². The fourth-order valence-electron chi connectivity index (χ4n) is 1.27. The summed E-state index contributed by atoms with van der Waals surface area (Å²) in [7, 11) is 1.71. The molecule has 0 unspecified atom stereocenters. The molecular weight excluding hydrogens is 206 g/mol. The van der Waals surface area contributed by atoms with Crippen LogP contribution in [-0.2, 0) is 13.7 Å². The van der Waals surface area contributed by atoms with Crippen molar-refractivity contribution in [2.24, 2.45) is 7.05 Å². The number of nitrogens with zero attached hydrogens (tertiary/aromatic N) is 4. The van der Waals surface area contributed by atoms with Crippen molar-refractivity contribution >= 4 is 5.69 Å². The number of tetrazole rings is 1. The van der Waals surface area contributed by atoms with Gasteiger partial charge in [-0.15, -0.1) is 10.2 Å². The highest BCUT2D eigenvalue weighted by atomic mass is 16.5. The largest absolute Gasteiger partial charge is 0.485 e. The molecule has 84 valence electrons. The van der Waals surface area contributed by atoms with Crippen LogP contribution in [0.15, 0.2) is 18.2 Å². The summed E-state index contributed by atoms with van der Waals surface area (Å²) in [5, 5.41) is 11.5. The number of rotatable bonds is 3. The number of ether oxygens (including phenoxy) is 1. The number of aromatic nitrogens is 4. The smallest absolute Gasteiger partial charge is 0.212 e. The number of hydrogen-bond donors (Lipinski definition) is 1. The van der Waals surface area contributed by atoms with Crippen molar-refractivity contribution in [3.8, 4) is 5.75 Å². The topological polar surface area (TPSA) is 78.9 Å². The van der Waals surface area contributed by atoms with Crippen LogP contribution in [0, 0.1) is 6.92 Å². The fraction of sp³-hybridized carbons (Fsp3) is 0.300. The Hall–Kier alpha value is -2.11. The van der Waals surface area contributed by atoms with Gasteiger partial charge in [-0.2, -0.15) is 4.80 Å². The van der Waals surface area contributed by atoms with Crippen molar-refractivity contribution < 1.29 is 4.74 Å². The highest BCUT2D eigenvalue weighted by Gasteiger charge is 2.02. The normalized spacial score (nSPS) is 10.4. The summed E-state index contributed by atoms with van der Waals surface area (Å²) in [5.41, 5.74) is 7.45. The Labute approximate surface area is 93.0 Å². The summed E-state index contributed by atoms with van der Waals surface area (Å²) in [6.07, 6.45) is 0. The Morgan fingerprint density at radius 1 is 1.44 bits per heavy atom. The summed E-state index contributed by atoms with van der Waals surface area (Å²) < 4.78 is 5.51. The molecule has 0 bridgehead atoms. The van der Waals surface area contributed by atoms with Gasteiger partial charge in [0.15, 0.2) is 6.61 Å². The second-order valence-electron chi connectivity index (χ2n) is 3.50. The quantitative estimate of drug-likeness (QED) is 0.768. The van der Waals surface area contributed by atoms with Crippen LogP contribution in [0.1, 0.15) is 11.4 Å². The summed E-state index contributed by atoms with van der Waals surface area (Å²) >= 11 is 0. The van der Waals surface area contributed by atoms with Crippen molar-refractivity contribution in [3.05, 3.63) is 29.6 Å². The van der Waals surface area contributed by atoms with E-state index in [2.05, 4.69) is 15.4 Å². The van der Waals surface area contributed by atoms with E-state index in [1.807, 2.05) is 25.1 Å². The lowest BCUT2D eigenvalue weighted by atomic mass is 10.2. The van der Waals surface area contributed by atoms with Crippen LogP contribution in [0.2, 0.25) is 0 Å². The maximum absolute atomic E-state index is 5.71. The molecule has 1 aromatic heterocycles. The monoisotopic (exact) mass is 219 g/mol. The fourth-order valence-corrected chi connectivity index (χ4v) is 1.27. The van der Waals surface area contributed by atoms with Crippen LogP contribution < -0.4 is 10.5 Å². The molecule has 2 N–H and O–H groups in total. The van der Waals surface area contributed by atoms with Crippen LogP contribution in [0.3, 0.4) is 0 Å². The summed E-state index contributed by atoms with van der Waals surface area (Å²) in [4.78, 5) is 1.40. The van der Waals surface area contributed by atoms with Gasteiger partial charge in [-0.05, 0) is 35.9 Å². The zero-order valence-corrected chi connectivity index (χ0v) is 9.21. The van der Waals surface area contributed by atoms with E-state index in [1.165, 1.54) is 4.80 Å². The van der Waals surface area contributed by atoms with Crippen molar-refractivity contribution in [3.63, 3.8) is 0 Å². The lowest BCUT2D eigenvalue weighted by molar-refractivity contribution is 0.295. The van der Waals surface area contributed by atoms with Gasteiger partial charge in [-0.25, -0.2) is 0 Å². The van der Waals surface area contributed by atoms with E-state index in [1.54, 1.807) is 7.05 Å². The van der Waals surface area contributed by atoms with E-state index in [0.717, 1.165) is 17.0 Å². The summed E-state index contributed by atoms with van der Waals surface area (Å²) in [6.45, 7) is 2.24. The Morgan fingerprint density at radius 3 is 2.88 bits per heavy atom. The van der Waals surface area contributed by atoms with Crippen LogP contribution in [0.25, 0.3) is 0 Å². The first-order valence-corrected chi connectivity index (χ1v) is 4.87. The molecule has 0 spiro atoms. The number of benzene rings is 1. The van der Waals surface area contributed by atoms with Gasteiger partial charge in [0.25, 0.3) is 0 Å². The Kier molecular flexibility index (Phi) is 2.72. The number of hydrogen-bond acceptors (Lipinski definition) is 5. The second kappa shape index (κ2) is 4.18. The predicted molar refractivity (Wildman–Crippen MR) is 58.7 cm³/mol. The van der Waals surface area contributed by atoms with Crippen molar-refractivity contribution in [2.75, 3.05) is 5.73 Å². The van der Waals surface area contributed by atoms with Gasteiger partial charge in [-0.1, -0.05) is 0 Å². The molecule has 6 nitrogen and oxygen atoms in total. The number of aryl methyl sites for hydroxylation is 2. The molecule has 2 aromatic rings. The molecule has 0 aliphatic rings. The summed E-state index contributed by atoms with van der Waals surface area (Å²) in [5.74, 6) is 1.30. The van der Waals surface area contributed by atoms with Gasteiger partial charge in [0.2, 0.25) is 5.82 Å². The van der Waals surface area contributed by atoms with E-state index in [4.69, 9.17) is 10.5 Å². The predicted octanol–water partition coefficient (Wildman–Crippen LogP) is 0.680. The molecule has 0 saturated heterocycles. The Balaban J connectivity index is 2.02. The van der Waals surface area contributed by atoms with Crippen molar-refractivity contribution in [1.29, 1.82) is 0 Å². The van der Waals surface area contributed by atoms with Crippen LogP contribution in [0.5, 0.6) is 5.75 Å². The molecule has 1 aromatic carbocycles. The lowest BCUT2D eigenvalue weighted by Crippen LogP contribution is -2.00. The van der Waals surface area contributed by atoms with Gasteiger partial charge in [0, 0.05) is 5.69 Å². The number of nitrogens with two attached hydrogens (primary N) is 1. The van der Waals surface area contributed by atoms with Gasteiger partial charge in [0.05, 0.1) is 7.05 Å². The van der Waals surface area contributed by atoms with Gasteiger partial charge < -0.3 is 10.5 Å². The molecule has 0 radical (unpaired) electrons. The maximum Gasteiger partial charge on any atom is 0.212 e. The third-order valence-corrected chi connectivity index (χ3v) is 2.16. The minimum absolute atomic E-state index is 0.303. The molecule has 0 aliphatic heterocycles. The van der Waals surface area contributed by atoms with Gasteiger partial charge >= 0.3 is 0 Å². The van der Waals surface area contributed by atoms with Crippen LogP contribution in [-0.4, -0.2) is 20.2 Å². The zero-order valence-electron chi connectivity index (χ0n) is 9.21. The number of nitrogen functional groups attached to an aromatic ring is 1. The van der Waals surface area contributed by atoms with Crippen LogP contribution >= 0.6 is 0 Å². The second-order valence-corrected chi connectivity index (χ2v) is 3.50. The Bertz CT molecular complexity index is 494. The minimum atomic E-state index is 0.303. The highest BCUT2D eigenvalue weighted by Crippen LogP contribution is 2.19. The molecule has 0 atom stereocenters. The molecule has 0 fully saturated rings. The van der Waals surface area contributed by atoms with E-state index in [-0.39, 0.29) is 0 Å².